The lowest BCUT2D eigenvalue weighted by atomic mass is 9.87. The van der Waals surface area contributed by atoms with Crippen molar-refractivity contribution >= 4 is 28.8 Å². The second-order valence-electron chi connectivity index (χ2n) is 9.67. The predicted octanol–water partition coefficient (Wildman–Crippen LogP) is 5.89. The van der Waals surface area contributed by atoms with E-state index < -0.39 is 0 Å². The molecule has 0 radical (unpaired) electrons. The topological polar surface area (TPSA) is 77.9 Å². The number of thioether (sulfide) groups is 1. The second kappa shape index (κ2) is 9.93. The van der Waals surface area contributed by atoms with Crippen LogP contribution in [0, 0.1) is 12.8 Å². The Balaban J connectivity index is 1.49. The van der Waals surface area contributed by atoms with Gasteiger partial charge in [-0.1, -0.05) is 43.8 Å². The lowest BCUT2D eigenvalue weighted by Gasteiger charge is -2.28. The summed E-state index contributed by atoms with van der Waals surface area (Å²) in [5.74, 6) is 1.58. The van der Waals surface area contributed by atoms with Gasteiger partial charge in [-0.15, -0.1) is 10.2 Å². The van der Waals surface area contributed by atoms with E-state index in [0.717, 1.165) is 52.6 Å². The summed E-state index contributed by atoms with van der Waals surface area (Å²) in [4.78, 5) is 13.3. The fourth-order valence-electron chi connectivity index (χ4n) is 4.96. The SMILES string of the molecule is CC[C@@H](Sc1nnc(-c2cc3occc3n2C)n1-c1ccccc1C)C(=O)NC1CCC(C)CC1. The highest BCUT2D eigenvalue weighted by molar-refractivity contribution is 8.00. The first-order chi connectivity index (χ1) is 17.0. The first kappa shape index (κ1) is 23.7. The molecule has 0 saturated heterocycles. The number of aryl methyl sites for hydroxylation is 2. The summed E-state index contributed by atoms with van der Waals surface area (Å²) in [6.07, 6.45) is 6.89. The molecule has 0 unspecified atom stereocenters. The van der Waals surface area contributed by atoms with E-state index in [4.69, 9.17) is 4.42 Å². The zero-order valence-corrected chi connectivity index (χ0v) is 21.6. The van der Waals surface area contributed by atoms with Crippen molar-refractivity contribution in [3.05, 3.63) is 48.2 Å². The normalized spacial score (nSPS) is 19.2. The highest BCUT2D eigenvalue weighted by Crippen LogP contribution is 2.35. The van der Waals surface area contributed by atoms with Crippen LogP contribution in [0.25, 0.3) is 28.3 Å². The van der Waals surface area contributed by atoms with Crippen LogP contribution in [0.3, 0.4) is 0 Å². The molecular weight excluding hydrogens is 458 g/mol. The minimum absolute atomic E-state index is 0.0920. The van der Waals surface area contributed by atoms with E-state index in [1.807, 2.05) is 31.3 Å². The fourth-order valence-corrected chi connectivity index (χ4v) is 5.93. The zero-order chi connectivity index (χ0) is 24.5. The Kier molecular flexibility index (Phi) is 6.73. The molecule has 1 aliphatic rings. The molecule has 0 spiro atoms. The lowest BCUT2D eigenvalue weighted by Crippen LogP contribution is -2.41. The number of carbonyl (C=O) groups is 1. The number of fused-ring (bicyclic) bond motifs is 1. The molecule has 0 aliphatic heterocycles. The Hall–Kier alpha value is -3.00. The van der Waals surface area contributed by atoms with E-state index in [2.05, 4.69) is 57.6 Å². The molecule has 1 aromatic carbocycles. The van der Waals surface area contributed by atoms with Crippen LogP contribution < -0.4 is 5.32 Å². The summed E-state index contributed by atoms with van der Waals surface area (Å²) in [7, 11) is 2.00. The molecule has 8 heteroatoms. The van der Waals surface area contributed by atoms with Gasteiger partial charge in [-0.05, 0) is 56.6 Å². The van der Waals surface area contributed by atoms with Crippen molar-refractivity contribution in [3.8, 4) is 17.2 Å². The molecule has 0 bridgehead atoms. The van der Waals surface area contributed by atoms with Gasteiger partial charge >= 0.3 is 0 Å². The van der Waals surface area contributed by atoms with Gasteiger partial charge in [0.25, 0.3) is 0 Å². The Morgan fingerprint density at radius 1 is 1.20 bits per heavy atom. The van der Waals surface area contributed by atoms with Crippen molar-refractivity contribution in [1.29, 1.82) is 0 Å². The van der Waals surface area contributed by atoms with Crippen molar-refractivity contribution in [2.75, 3.05) is 0 Å². The van der Waals surface area contributed by atoms with E-state index in [-0.39, 0.29) is 17.2 Å². The van der Waals surface area contributed by atoms with Crippen molar-refractivity contribution < 1.29 is 9.21 Å². The number of benzene rings is 1. The predicted molar refractivity (Wildman–Crippen MR) is 140 cm³/mol. The van der Waals surface area contributed by atoms with Crippen molar-refractivity contribution in [2.45, 2.75) is 69.3 Å². The van der Waals surface area contributed by atoms with E-state index in [1.165, 1.54) is 24.6 Å². The van der Waals surface area contributed by atoms with Crippen LogP contribution >= 0.6 is 11.8 Å². The minimum atomic E-state index is -0.237. The molecule has 1 aliphatic carbocycles. The maximum absolute atomic E-state index is 13.3. The first-order valence-electron chi connectivity index (χ1n) is 12.5. The number of carbonyl (C=O) groups excluding carboxylic acids is 1. The van der Waals surface area contributed by atoms with Gasteiger partial charge in [0, 0.05) is 25.2 Å². The number of rotatable bonds is 7. The molecule has 1 fully saturated rings. The van der Waals surface area contributed by atoms with E-state index in [0.29, 0.717) is 11.6 Å². The van der Waals surface area contributed by atoms with Gasteiger partial charge < -0.3 is 14.3 Å². The number of amides is 1. The van der Waals surface area contributed by atoms with Crippen LogP contribution in [0.5, 0.6) is 0 Å². The molecule has 1 saturated carbocycles. The van der Waals surface area contributed by atoms with Gasteiger partial charge in [0.05, 0.1) is 28.4 Å². The highest BCUT2D eigenvalue weighted by Gasteiger charge is 2.28. The second-order valence-corrected chi connectivity index (χ2v) is 10.8. The fraction of sp³-hybridized carbons (Fsp3) is 0.444. The summed E-state index contributed by atoms with van der Waals surface area (Å²) in [6.45, 7) is 6.43. The molecule has 1 N–H and O–H groups in total. The average molecular weight is 492 g/mol. The van der Waals surface area contributed by atoms with Crippen LogP contribution in [0.4, 0.5) is 0 Å². The molecule has 1 amide bonds. The summed E-state index contributed by atoms with van der Waals surface area (Å²) in [5, 5.41) is 13.0. The van der Waals surface area contributed by atoms with E-state index >= 15 is 0 Å². The van der Waals surface area contributed by atoms with Crippen LogP contribution in [-0.2, 0) is 11.8 Å². The van der Waals surface area contributed by atoms with Crippen molar-refractivity contribution in [3.63, 3.8) is 0 Å². The van der Waals surface area contributed by atoms with E-state index in [1.54, 1.807) is 6.26 Å². The number of nitrogens with one attached hydrogen (secondary N) is 1. The average Bonchev–Trinajstić information content (AvgIpc) is 3.55. The molecule has 35 heavy (non-hydrogen) atoms. The molecule has 5 rings (SSSR count). The third kappa shape index (κ3) is 4.63. The Bertz CT molecular complexity index is 1330. The molecule has 3 aromatic heterocycles. The summed E-state index contributed by atoms with van der Waals surface area (Å²) in [6, 6.07) is 12.4. The summed E-state index contributed by atoms with van der Waals surface area (Å²) in [5.41, 5.74) is 4.84. The number of hydrogen-bond donors (Lipinski definition) is 1. The monoisotopic (exact) mass is 491 g/mol. The third-order valence-electron chi connectivity index (χ3n) is 7.16. The summed E-state index contributed by atoms with van der Waals surface area (Å²) >= 11 is 1.49. The standard InChI is InChI=1S/C27H33N5O2S/c1-5-24(26(33)28-19-12-10-17(2)11-13-19)35-27-30-29-25(32(27)20-9-7-6-8-18(20)3)22-16-23-21(31(22)4)14-15-34-23/h6-9,14-17,19,24H,5,10-13H2,1-4H3,(H,28,33)/t17?,19?,24-/m1/s1. The molecule has 4 aromatic rings. The highest BCUT2D eigenvalue weighted by atomic mass is 32.2. The van der Waals surface area contributed by atoms with Gasteiger partial charge in [-0.2, -0.15) is 0 Å². The summed E-state index contributed by atoms with van der Waals surface area (Å²) < 4.78 is 9.78. The van der Waals surface area contributed by atoms with Gasteiger partial charge in [0.15, 0.2) is 16.6 Å². The van der Waals surface area contributed by atoms with Crippen LogP contribution in [-0.4, -0.2) is 36.5 Å². The number of aromatic nitrogens is 4. The molecule has 3 heterocycles. The number of nitrogens with zero attached hydrogens (tertiary/aromatic N) is 4. The molecule has 7 nitrogen and oxygen atoms in total. The zero-order valence-electron chi connectivity index (χ0n) is 20.8. The Morgan fingerprint density at radius 3 is 2.69 bits per heavy atom. The molecular formula is C27H33N5O2S. The lowest BCUT2D eigenvalue weighted by molar-refractivity contribution is -0.121. The molecule has 1 atom stereocenters. The molecule has 184 valence electrons. The largest absolute Gasteiger partial charge is 0.463 e. The van der Waals surface area contributed by atoms with Gasteiger partial charge in [0.2, 0.25) is 5.91 Å². The van der Waals surface area contributed by atoms with Crippen LogP contribution in [0.2, 0.25) is 0 Å². The Labute approximate surface area is 210 Å². The quantitative estimate of drug-likeness (QED) is 0.326. The van der Waals surface area contributed by atoms with Gasteiger partial charge in [0.1, 0.15) is 0 Å². The van der Waals surface area contributed by atoms with Gasteiger partial charge in [-0.25, -0.2) is 0 Å². The van der Waals surface area contributed by atoms with Crippen LogP contribution in [0.1, 0.15) is 51.5 Å². The van der Waals surface area contributed by atoms with Crippen molar-refractivity contribution in [2.24, 2.45) is 13.0 Å². The Morgan fingerprint density at radius 2 is 1.97 bits per heavy atom. The first-order valence-corrected chi connectivity index (χ1v) is 13.4. The van der Waals surface area contributed by atoms with Gasteiger partial charge in [-0.3, -0.25) is 9.36 Å². The minimum Gasteiger partial charge on any atom is -0.463 e. The number of para-hydroxylation sites is 1. The van der Waals surface area contributed by atoms with Crippen LogP contribution in [0.15, 0.2) is 52.2 Å². The van der Waals surface area contributed by atoms with Crippen molar-refractivity contribution in [1.82, 2.24) is 24.6 Å². The third-order valence-corrected chi connectivity index (χ3v) is 8.46. The van der Waals surface area contributed by atoms with E-state index in [9.17, 15) is 4.79 Å². The number of hydrogen-bond acceptors (Lipinski definition) is 5. The maximum atomic E-state index is 13.3. The number of furan rings is 1. The smallest absolute Gasteiger partial charge is 0.233 e. The maximum Gasteiger partial charge on any atom is 0.233 e.